The second-order valence-electron chi connectivity index (χ2n) is 4.40. The van der Waals surface area contributed by atoms with Crippen molar-refractivity contribution in [3.63, 3.8) is 0 Å². The maximum absolute atomic E-state index is 12.0. The summed E-state index contributed by atoms with van der Waals surface area (Å²) < 4.78 is 5.06. The summed E-state index contributed by atoms with van der Waals surface area (Å²) in [6, 6.07) is 9.12. The number of benzene rings is 1. The van der Waals surface area contributed by atoms with Crippen LogP contribution in [-0.2, 0) is 11.3 Å². The summed E-state index contributed by atoms with van der Waals surface area (Å²) in [5, 5.41) is 22.4. The van der Waals surface area contributed by atoms with Crippen molar-refractivity contribution < 1.29 is 14.1 Å². The first-order chi connectivity index (χ1) is 11.0. The quantitative estimate of drug-likeness (QED) is 0.392. The summed E-state index contributed by atoms with van der Waals surface area (Å²) in [6.07, 6.45) is 2.72. The molecule has 23 heavy (non-hydrogen) atoms. The molecule has 1 aromatic heterocycles. The van der Waals surface area contributed by atoms with Crippen LogP contribution in [0.25, 0.3) is 6.08 Å². The summed E-state index contributed by atoms with van der Waals surface area (Å²) in [6.45, 7) is 0.131. The van der Waals surface area contributed by atoms with Gasteiger partial charge >= 0.3 is 0 Å². The van der Waals surface area contributed by atoms with Gasteiger partial charge in [-0.25, -0.2) is 0 Å². The Morgan fingerprint density at radius 2 is 2.26 bits per heavy atom. The summed E-state index contributed by atoms with van der Waals surface area (Å²) in [5.74, 6) is -0.0701. The molecule has 0 atom stereocenters. The molecule has 0 aliphatic carbocycles. The predicted octanol–water partition coefficient (Wildman–Crippen LogP) is 3.06. The number of nitro benzene ring substituents is 1. The van der Waals surface area contributed by atoms with Gasteiger partial charge in [-0.1, -0.05) is 17.7 Å². The van der Waals surface area contributed by atoms with Crippen LogP contribution in [0.15, 0.2) is 46.6 Å². The highest BCUT2D eigenvalue weighted by Crippen LogP contribution is 2.26. The van der Waals surface area contributed by atoms with Crippen LogP contribution < -0.4 is 5.32 Å². The van der Waals surface area contributed by atoms with E-state index in [1.54, 1.807) is 18.2 Å². The molecule has 2 rings (SSSR count). The van der Waals surface area contributed by atoms with Crippen molar-refractivity contribution in [3.8, 4) is 6.07 Å². The molecule has 8 heteroatoms. The zero-order valence-corrected chi connectivity index (χ0v) is 12.4. The minimum absolute atomic E-state index is 0.0204. The number of carbonyl (C=O) groups excluding carboxylic acids is 1. The van der Waals surface area contributed by atoms with Crippen molar-refractivity contribution in [2.24, 2.45) is 0 Å². The predicted molar refractivity (Wildman–Crippen MR) is 82.3 cm³/mol. The van der Waals surface area contributed by atoms with Gasteiger partial charge in [0.2, 0.25) is 0 Å². The molecule has 2 aromatic rings. The number of nitrogens with one attached hydrogen (secondary N) is 1. The van der Waals surface area contributed by atoms with Crippen molar-refractivity contribution in [2.75, 3.05) is 0 Å². The van der Waals surface area contributed by atoms with Gasteiger partial charge in [0.25, 0.3) is 11.6 Å². The van der Waals surface area contributed by atoms with Gasteiger partial charge < -0.3 is 9.73 Å². The molecule has 0 radical (unpaired) electrons. The van der Waals surface area contributed by atoms with Gasteiger partial charge in [-0.2, -0.15) is 5.26 Å². The van der Waals surface area contributed by atoms with Crippen molar-refractivity contribution in [2.45, 2.75) is 6.54 Å². The molecule has 1 N–H and O–H groups in total. The lowest BCUT2D eigenvalue weighted by Gasteiger charge is -2.02. The molecule has 0 saturated heterocycles. The van der Waals surface area contributed by atoms with E-state index in [0.717, 1.165) is 0 Å². The summed E-state index contributed by atoms with van der Waals surface area (Å²) in [7, 11) is 0. The van der Waals surface area contributed by atoms with Gasteiger partial charge in [0, 0.05) is 6.07 Å². The Bertz CT molecular complexity index is 807. The number of rotatable bonds is 5. The normalized spacial score (nSPS) is 10.9. The molecule has 0 unspecified atom stereocenters. The molecule has 7 nitrogen and oxygen atoms in total. The highest BCUT2D eigenvalue weighted by molar-refractivity contribution is 6.32. The number of furan rings is 1. The average Bonchev–Trinajstić information content (AvgIpc) is 3.04. The number of nitro groups is 1. The Hall–Kier alpha value is -3.11. The van der Waals surface area contributed by atoms with E-state index in [0.29, 0.717) is 11.3 Å². The Morgan fingerprint density at radius 3 is 2.87 bits per heavy atom. The molecule has 1 aromatic carbocycles. The first-order valence-corrected chi connectivity index (χ1v) is 6.75. The summed E-state index contributed by atoms with van der Waals surface area (Å²) in [5.41, 5.74) is -0.160. The fraction of sp³-hybridized carbons (Fsp3) is 0.0667. The smallest absolute Gasteiger partial charge is 0.288 e. The SMILES string of the molecule is N#C/C(=C\c1ccc(Cl)c([N+](=O)[O-])c1)C(=O)NCc1ccco1. The fourth-order valence-electron chi connectivity index (χ4n) is 1.75. The van der Waals surface area contributed by atoms with E-state index < -0.39 is 10.8 Å². The molecule has 0 fully saturated rings. The van der Waals surface area contributed by atoms with E-state index in [4.69, 9.17) is 21.3 Å². The minimum atomic E-state index is -0.636. The maximum Gasteiger partial charge on any atom is 0.288 e. The topological polar surface area (TPSA) is 109 Å². The van der Waals surface area contributed by atoms with E-state index in [1.807, 2.05) is 0 Å². The molecule has 1 heterocycles. The first kappa shape index (κ1) is 16.3. The van der Waals surface area contributed by atoms with Crippen LogP contribution in [0.5, 0.6) is 0 Å². The van der Waals surface area contributed by atoms with E-state index >= 15 is 0 Å². The van der Waals surface area contributed by atoms with Crippen LogP contribution in [0.3, 0.4) is 0 Å². The number of hydrogen-bond acceptors (Lipinski definition) is 5. The Kier molecular flexibility index (Phi) is 5.12. The van der Waals surface area contributed by atoms with Gasteiger partial charge in [-0.05, 0) is 29.8 Å². The molecule has 0 aliphatic rings. The number of amides is 1. The second-order valence-corrected chi connectivity index (χ2v) is 4.81. The van der Waals surface area contributed by atoms with Crippen molar-refractivity contribution in [1.29, 1.82) is 5.26 Å². The number of carbonyl (C=O) groups is 1. The van der Waals surface area contributed by atoms with E-state index in [1.165, 1.54) is 30.5 Å². The van der Waals surface area contributed by atoms with Gasteiger partial charge in [-0.15, -0.1) is 0 Å². The van der Waals surface area contributed by atoms with Crippen LogP contribution in [-0.4, -0.2) is 10.8 Å². The summed E-state index contributed by atoms with van der Waals surface area (Å²) >= 11 is 5.71. The monoisotopic (exact) mass is 331 g/mol. The number of nitrogens with zero attached hydrogens (tertiary/aromatic N) is 2. The van der Waals surface area contributed by atoms with Gasteiger partial charge in [0.15, 0.2) is 0 Å². The second kappa shape index (κ2) is 7.24. The molecule has 1 amide bonds. The highest BCUT2D eigenvalue weighted by atomic mass is 35.5. The van der Waals surface area contributed by atoms with Crippen molar-refractivity contribution in [3.05, 3.63) is 68.6 Å². The third-order valence-corrected chi connectivity index (χ3v) is 3.17. The third kappa shape index (κ3) is 4.18. The zero-order valence-electron chi connectivity index (χ0n) is 11.7. The standard InChI is InChI=1S/C15H10ClN3O4/c16-13-4-3-10(7-14(13)19(21)22)6-11(8-17)15(20)18-9-12-2-1-5-23-12/h1-7H,9H2,(H,18,20)/b11-6+. The average molecular weight is 332 g/mol. The molecule has 0 spiro atoms. The van der Waals surface area contributed by atoms with Crippen molar-refractivity contribution in [1.82, 2.24) is 5.32 Å². The minimum Gasteiger partial charge on any atom is -0.467 e. The van der Waals surface area contributed by atoms with E-state index in [-0.39, 0.29) is 22.8 Å². The van der Waals surface area contributed by atoms with Crippen molar-refractivity contribution >= 4 is 29.3 Å². The Morgan fingerprint density at radius 1 is 1.48 bits per heavy atom. The van der Waals surface area contributed by atoms with Gasteiger partial charge in [0.05, 0.1) is 17.7 Å². The number of halogens is 1. The summed E-state index contributed by atoms with van der Waals surface area (Å²) in [4.78, 5) is 22.2. The largest absolute Gasteiger partial charge is 0.467 e. The molecular weight excluding hydrogens is 322 g/mol. The molecular formula is C15H10ClN3O4. The Balaban J connectivity index is 2.18. The highest BCUT2D eigenvalue weighted by Gasteiger charge is 2.14. The molecule has 116 valence electrons. The number of nitriles is 1. The van der Waals surface area contributed by atoms with Crippen LogP contribution in [0.2, 0.25) is 5.02 Å². The van der Waals surface area contributed by atoms with Gasteiger partial charge in [-0.3, -0.25) is 14.9 Å². The van der Waals surface area contributed by atoms with Gasteiger partial charge in [0.1, 0.15) is 22.4 Å². The van der Waals surface area contributed by atoms with Crippen LogP contribution >= 0.6 is 11.6 Å². The lowest BCUT2D eigenvalue weighted by molar-refractivity contribution is -0.384. The van der Waals surface area contributed by atoms with Crippen LogP contribution in [0, 0.1) is 21.4 Å². The lowest BCUT2D eigenvalue weighted by Crippen LogP contribution is -2.23. The molecule has 0 saturated carbocycles. The number of hydrogen-bond donors (Lipinski definition) is 1. The molecule has 0 aliphatic heterocycles. The van der Waals surface area contributed by atoms with Crippen LogP contribution in [0.4, 0.5) is 5.69 Å². The maximum atomic E-state index is 12.0. The Labute approximate surface area is 135 Å². The first-order valence-electron chi connectivity index (χ1n) is 6.37. The lowest BCUT2D eigenvalue weighted by atomic mass is 10.1. The zero-order chi connectivity index (χ0) is 16.8. The third-order valence-electron chi connectivity index (χ3n) is 2.85. The van der Waals surface area contributed by atoms with E-state index in [9.17, 15) is 14.9 Å². The van der Waals surface area contributed by atoms with Crippen LogP contribution in [0.1, 0.15) is 11.3 Å². The fourth-order valence-corrected chi connectivity index (χ4v) is 1.94. The van der Waals surface area contributed by atoms with E-state index in [2.05, 4.69) is 5.32 Å². The molecule has 0 bridgehead atoms.